The zero-order valence-electron chi connectivity index (χ0n) is 7.55. The first-order valence-corrected chi connectivity index (χ1v) is 3.86. The largest absolute Gasteiger partial charge is 0.365 e. The summed E-state index contributed by atoms with van der Waals surface area (Å²) in [5.74, 6) is 3.02. The highest BCUT2D eigenvalue weighted by atomic mass is 16.5. The van der Waals surface area contributed by atoms with E-state index in [1.54, 1.807) is 0 Å². The Hall–Kier alpha value is -0.740. The van der Waals surface area contributed by atoms with Gasteiger partial charge in [-0.15, -0.1) is 6.42 Å². The molecule has 0 amide bonds. The molecule has 11 heavy (non-hydrogen) atoms. The lowest BCUT2D eigenvalue weighted by molar-refractivity contribution is 0.198. The second-order valence-corrected chi connectivity index (χ2v) is 2.82. The zero-order valence-corrected chi connectivity index (χ0v) is 7.55. The van der Waals surface area contributed by atoms with Gasteiger partial charge >= 0.3 is 0 Å². The highest BCUT2D eigenvalue weighted by Gasteiger charge is 1.93. The first kappa shape index (κ1) is 10.3. The van der Waals surface area contributed by atoms with E-state index in [4.69, 9.17) is 11.2 Å². The summed E-state index contributed by atoms with van der Waals surface area (Å²) in [4.78, 5) is 0. The maximum atomic E-state index is 5.09. The molecule has 0 saturated carbocycles. The number of hydrogen-bond donors (Lipinski definition) is 0. The summed E-state index contributed by atoms with van der Waals surface area (Å²) in [7, 11) is 0. The molecule has 0 rings (SSSR count). The van der Waals surface area contributed by atoms with Crippen LogP contribution in [0.2, 0.25) is 0 Å². The zero-order chi connectivity index (χ0) is 8.69. The highest BCUT2D eigenvalue weighted by Crippen LogP contribution is 2.06. The van der Waals surface area contributed by atoms with E-state index >= 15 is 0 Å². The third-order valence-corrected chi connectivity index (χ3v) is 1.62. The lowest BCUT2D eigenvalue weighted by Crippen LogP contribution is -1.95. The average Bonchev–Trinajstić information content (AvgIpc) is 1.97. The van der Waals surface area contributed by atoms with Crippen LogP contribution in [0.25, 0.3) is 0 Å². The molecule has 0 bridgehead atoms. The van der Waals surface area contributed by atoms with Crippen LogP contribution < -0.4 is 0 Å². The Kier molecular flexibility index (Phi) is 5.60. The van der Waals surface area contributed by atoms with E-state index in [1.165, 1.54) is 5.57 Å². The summed E-state index contributed by atoms with van der Waals surface area (Å²) in [5, 5.41) is 0. The number of terminal acetylenes is 1. The van der Waals surface area contributed by atoms with E-state index in [2.05, 4.69) is 32.8 Å². The van der Waals surface area contributed by atoms with Gasteiger partial charge in [0.05, 0.1) is 6.61 Å². The van der Waals surface area contributed by atoms with Crippen LogP contribution in [0.3, 0.4) is 0 Å². The van der Waals surface area contributed by atoms with Gasteiger partial charge in [0.25, 0.3) is 0 Å². The maximum Gasteiger partial charge on any atom is 0.107 e. The molecule has 0 heterocycles. The molecule has 0 aliphatic heterocycles. The van der Waals surface area contributed by atoms with Gasteiger partial charge in [-0.2, -0.15) is 0 Å². The Morgan fingerprint density at radius 2 is 2.27 bits per heavy atom. The van der Waals surface area contributed by atoms with Crippen LogP contribution in [0.5, 0.6) is 0 Å². The molecule has 0 fully saturated rings. The monoisotopic (exact) mass is 152 g/mol. The minimum Gasteiger partial charge on any atom is -0.365 e. The molecule has 0 aliphatic carbocycles. The van der Waals surface area contributed by atoms with Crippen molar-refractivity contribution in [1.29, 1.82) is 0 Å². The van der Waals surface area contributed by atoms with Crippen molar-refractivity contribution in [2.45, 2.75) is 20.8 Å². The molecule has 0 unspecified atom stereocenters. The molecule has 0 N–H and O–H groups in total. The van der Waals surface area contributed by atoms with Crippen LogP contribution in [-0.2, 0) is 4.74 Å². The van der Waals surface area contributed by atoms with Gasteiger partial charge in [0.2, 0.25) is 0 Å². The third kappa shape index (κ3) is 5.69. The smallest absolute Gasteiger partial charge is 0.107 e. The van der Waals surface area contributed by atoms with Crippen molar-refractivity contribution in [1.82, 2.24) is 0 Å². The summed E-state index contributed by atoms with van der Waals surface area (Å²) < 4.78 is 5.09. The van der Waals surface area contributed by atoms with Crippen molar-refractivity contribution in [3.05, 3.63) is 11.6 Å². The Morgan fingerprint density at radius 3 is 2.73 bits per heavy atom. The molecule has 0 radical (unpaired) electrons. The summed E-state index contributed by atoms with van der Waals surface area (Å²) in [6.45, 7) is 7.46. The van der Waals surface area contributed by atoms with Gasteiger partial charge in [-0.25, -0.2) is 0 Å². The quantitative estimate of drug-likeness (QED) is 0.341. The fourth-order valence-corrected chi connectivity index (χ4v) is 0.544. The SMILES string of the molecule is C#CCOCC=C(C)C(C)C. The second kappa shape index (κ2) is 6.00. The molecular weight excluding hydrogens is 136 g/mol. The van der Waals surface area contributed by atoms with Crippen LogP contribution in [0.15, 0.2) is 11.6 Å². The highest BCUT2D eigenvalue weighted by molar-refractivity contribution is 5.00. The molecule has 0 aromatic carbocycles. The Morgan fingerprint density at radius 1 is 1.64 bits per heavy atom. The van der Waals surface area contributed by atoms with Crippen molar-refractivity contribution in [3.8, 4) is 12.3 Å². The number of allylic oxidation sites excluding steroid dienone is 1. The number of rotatable bonds is 4. The van der Waals surface area contributed by atoms with Crippen LogP contribution >= 0.6 is 0 Å². The first-order chi connectivity index (χ1) is 5.18. The summed E-state index contributed by atoms with van der Waals surface area (Å²) in [5.41, 5.74) is 1.35. The van der Waals surface area contributed by atoms with E-state index < -0.39 is 0 Å². The maximum absolute atomic E-state index is 5.09. The fraction of sp³-hybridized carbons (Fsp3) is 0.600. The molecule has 0 saturated heterocycles. The molecule has 0 aromatic heterocycles. The van der Waals surface area contributed by atoms with Crippen LogP contribution in [0, 0.1) is 18.3 Å². The minimum atomic E-state index is 0.405. The normalized spacial score (nSPS) is 11.7. The third-order valence-electron chi connectivity index (χ3n) is 1.62. The Balaban J connectivity index is 3.50. The topological polar surface area (TPSA) is 9.23 Å². The van der Waals surface area contributed by atoms with Gasteiger partial charge in [-0.1, -0.05) is 31.4 Å². The molecule has 62 valence electrons. The first-order valence-electron chi connectivity index (χ1n) is 3.86. The molecular formula is C10H16O. The lowest BCUT2D eigenvalue weighted by atomic mass is 10.1. The van der Waals surface area contributed by atoms with Gasteiger partial charge in [0.1, 0.15) is 6.61 Å². The molecule has 0 aromatic rings. The number of hydrogen-bond acceptors (Lipinski definition) is 1. The lowest BCUT2D eigenvalue weighted by Gasteiger charge is -2.03. The van der Waals surface area contributed by atoms with E-state index in [0.29, 0.717) is 19.1 Å². The van der Waals surface area contributed by atoms with Gasteiger partial charge in [0.15, 0.2) is 0 Å². The van der Waals surface area contributed by atoms with E-state index in [0.717, 1.165) is 0 Å². The van der Waals surface area contributed by atoms with Gasteiger partial charge in [0, 0.05) is 0 Å². The molecule has 0 atom stereocenters. The van der Waals surface area contributed by atoms with Crippen molar-refractivity contribution in [2.24, 2.45) is 5.92 Å². The summed E-state index contributed by atoms with van der Waals surface area (Å²) >= 11 is 0. The predicted octanol–water partition coefficient (Wildman–Crippen LogP) is 2.24. The summed E-state index contributed by atoms with van der Waals surface area (Å²) in [6.07, 6.45) is 7.08. The Bertz CT molecular complexity index is 160. The van der Waals surface area contributed by atoms with Crippen LogP contribution in [0.4, 0.5) is 0 Å². The van der Waals surface area contributed by atoms with E-state index in [9.17, 15) is 0 Å². The van der Waals surface area contributed by atoms with Gasteiger partial charge in [-0.05, 0) is 12.8 Å². The van der Waals surface area contributed by atoms with Crippen LogP contribution in [0.1, 0.15) is 20.8 Å². The minimum absolute atomic E-state index is 0.405. The van der Waals surface area contributed by atoms with E-state index in [1.807, 2.05) is 0 Å². The van der Waals surface area contributed by atoms with Crippen molar-refractivity contribution in [3.63, 3.8) is 0 Å². The molecule has 0 spiro atoms. The molecule has 1 heteroatoms. The summed E-state index contributed by atoms with van der Waals surface area (Å²) in [6, 6.07) is 0. The molecule has 0 aliphatic rings. The van der Waals surface area contributed by atoms with Crippen molar-refractivity contribution < 1.29 is 4.74 Å². The predicted molar refractivity (Wildman–Crippen MR) is 48.2 cm³/mol. The Labute approximate surface area is 69.4 Å². The van der Waals surface area contributed by atoms with Gasteiger partial charge in [-0.3, -0.25) is 0 Å². The number of ether oxygens (including phenoxy) is 1. The fourth-order valence-electron chi connectivity index (χ4n) is 0.544. The van der Waals surface area contributed by atoms with E-state index in [-0.39, 0.29) is 0 Å². The standard InChI is InChI=1S/C10H16O/c1-5-7-11-8-6-10(4)9(2)3/h1,6,9H,7-8H2,2-4H3. The molecule has 1 nitrogen and oxygen atoms in total. The second-order valence-electron chi connectivity index (χ2n) is 2.82. The van der Waals surface area contributed by atoms with Crippen LogP contribution in [-0.4, -0.2) is 13.2 Å². The van der Waals surface area contributed by atoms with Crippen molar-refractivity contribution in [2.75, 3.05) is 13.2 Å². The van der Waals surface area contributed by atoms with Crippen molar-refractivity contribution >= 4 is 0 Å². The van der Waals surface area contributed by atoms with Gasteiger partial charge < -0.3 is 4.74 Å². The average molecular weight is 152 g/mol.